The molecule has 0 atom stereocenters. The molecule has 0 saturated heterocycles. The lowest BCUT2D eigenvalue weighted by Gasteiger charge is -2.14. The first-order chi connectivity index (χ1) is 17.4. The van der Waals surface area contributed by atoms with Crippen molar-refractivity contribution in [1.29, 1.82) is 0 Å². The van der Waals surface area contributed by atoms with Crippen LogP contribution in [0.3, 0.4) is 0 Å². The number of aromatic nitrogens is 4. The first kappa shape index (κ1) is 23.5. The molecular formula is C28H23ClFN5O. The highest BCUT2D eigenvalue weighted by molar-refractivity contribution is 6.30. The van der Waals surface area contributed by atoms with Crippen molar-refractivity contribution in [3.8, 4) is 17.0 Å². The number of methoxy groups -OCH3 is 1. The second-order valence-corrected chi connectivity index (χ2v) is 8.83. The van der Waals surface area contributed by atoms with Crippen LogP contribution in [0.25, 0.3) is 27.9 Å². The molecule has 0 aliphatic carbocycles. The Hall–Kier alpha value is -4.23. The summed E-state index contributed by atoms with van der Waals surface area (Å²) in [4.78, 5) is 13.4. The molecule has 0 unspecified atom stereocenters. The molecule has 6 nitrogen and oxygen atoms in total. The molecule has 0 saturated carbocycles. The number of ether oxygens (including phenoxy) is 1. The lowest BCUT2D eigenvalue weighted by atomic mass is 10.0. The van der Waals surface area contributed by atoms with Gasteiger partial charge >= 0.3 is 0 Å². The van der Waals surface area contributed by atoms with E-state index in [2.05, 4.69) is 31.4 Å². The monoisotopic (exact) mass is 499 g/mol. The van der Waals surface area contributed by atoms with Crippen LogP contribution in [0.15, 0.2) is 79.9 Å². The van der Waals surface area contributed by atoms with Crippen molar-refractivity contribution in [1.82, 2.24) is 19.5 Å². The number of nitrogens with one attached hydrogen (secondary N) is 1. The Morgan fingerprint density at radius 1 is 1.08 bits per heavy atom. The van der Waals surface area contributed by atoms with Crippen molar-refractivity contribution in [3.63, 3.8) is 0 Å². The van der Waals surface area contributed by atoms with Gasteiger partial charge in [-0.2, -0.15) is 0 Å². The number of anilines is 2. The van der Waals surface area contributed by atoms with Crippen molar-refractivity contribution < 1.29 is 9.13 Å². The molecule has 36 heavy (non-hydrogen) atoms. The molecular weight excluding hydrogens is 477 g/mol. The van der Waals surface area contributed by atoms with Crippen molar-refractivity contribution >= 4 is 39.7 Å². The molecule has 5 rings (SSSR count). The highest BCUT2D eigenvalue weighted by atomic mass is 35.5. The Kier molecular flexibility index (Phi) is 6.40. The van der Waals surface area contributed by atoms with E-state index in [1.165, 1.54) is 18.5 Å². The van der Waals surface area contributed by atoms with Gasteiger partial charge in [0.05, 0.1) is 23.9 Å². The molecule has 180 valence electrons. The fourth-order valence-corrected chi connectivity index (χ4v) is 4.20. The van der Waals surface area contributed by atoms with Gasteiger partial charge < -0.3 is 14.6 Å². The number of allylic oxidation sites excluding steroid dienone is 1. The summed E-state index contributed by atoms with van der Waals surface area (Å²) < 4.78 is 21.8. The van der Waals surface area contributed by atoms with Crippen molar-refractivity contribution in [2.75, 3.05) is 12.4 Å². The molecule has 0 aliphatic rings. The summed E-state index contributed by atoms with van der Waals surface area (Å²) in [7, 11) is 1.65. The van der Waals surface area contributed by atoms with Crippen LogP contribution >= 0.6 is 11.6 Å². The number of fused-ring (bicyclic) bond motifs is 1. The van der Waals surface area contributed by atoms with Gasteiger partial charge in [0.1, 0.15) is 29.4 Å². The molecule has 8 heteroatoms. The van der Waals surface area contributed by atoms with E-state index in [0.717, 1.165) is 33.5 Å². The van der Waals surface area contributed by atoms with E-state index in [1.807, 2.05) is 43.5 Å². The van der Waals surface area contributed by atoms with Crippen LogP contribution in [0.5, 0.6) is 5.75 Å². The minimum atomic E-state index is -0.402. The maximum atomic E-state index is 14.5. The number of hydrogen-bond acceptors (Lipinski definition) is 5. The largest absolute Gasteiger partial charge is 0.497 e. The van der Waals surface area contributed by atoms with Gasteiger partial charge in [-0.3, -0.25) is 4.98 Å². The maximum absolute atomic E-state index is 14.5. The molecule has 3 heterocycles. The highest BCUT2D eigenvalue weighted by Gasteiger charge is 2.15. The van der Waals surface area contributed by atoms with Crippen LogP contribution in [0.4, 0.5) is 15.9 Å². The maximum Gasteiger partial charge on any atom is 0.145 e. The lowest BCUT2D eigenvalue weighted by Crippen LogP contribution is -2.02. The van der Waals surface area contributed by atoms with E-state index in [9.17, 15) is 4.39 Å². The average molecular weight is 500 g/mol. The molecule has 0 radical (unpaired) electrons. The van der Waals surface area contributed by atoms with Crippen LogP contribution in [0, 0.1) is 5.82 Å². The number of rotatable bonds is 7. The quantitative estimate of drug-likeness (QED) is 0.258. The van der Waals surface area contributed by atoms with E-state index in [-0.39, 0.29) is 0 Å². The van der Waals surface area contributed by atoms with E-state index in [4.69, 9.17) is 16.3 Å². The molecule has 2 aromatic carbocycles. The molecule has 0 bridgehead atoms. The summed E-state index contributed by atoms with van der Waals surface area (Å²) in [6.07, 6.45) is 5.18. The number of pyridine rings is 1. The van der Waals surface area contributed by atoms with Crippen molar-refractivity contribution in [2.24, 2.45) is 0 Å². The first-order valence-electron chi connectivity index (χ1n) is 11.2. The molecule has 0 aliphatic heterocycles. The second kappa shape index (κ2) is 9.79. The summed E-state index contributed by atoms with van der Waals surface area (Å²) in [6, 6.07) is 16.1. The van der Waals surface area contributed by atoms with Crippen LogP contribution in [-0.2, 0) is 6.54 Å². The van der Waals surface area contributed by atoms with Crippen LogP contribution in [0.2, 0.25) is 5.02 Å². The summed E-state index contributed by atoms with van der Waals surface area (Å²) in [5.41, 5.74) is 4.98. The van der Waals surface area contributed by atoms with E-state index in [0.29, 0.717) is 34.3 Å². The van der Waals surface area contributed by atoms with Gasteiger partial charge in [0.2, 0.25) is 0 Å². The van der Waals surface area contributed by atoms with E-state index >= 15 is 0 Å². The lowest BCUT2D eigenvalue weighted by molar-refractivity contribution is 0.414. The molecule has 5 aromatic rings. The zero-order valence-electron chi connectivity index (χ0n) is 19.8. The van der Waals surface area contributed by atoms with E-state index < -0.39 is 5.82 Å². The Labute approximate surface area is 213 Å². The van der Waals surface area contributed by atoms with Crippen LogP contribution < -0.4 is 10.1 Å². The third-order valence-corrected chi connectivity index (χ3v) is 6.12. The summed E-state index contributed by atoms with van der Waals surface area (Å²) in [5, 5.41) is 4.68. The third-order valence-electron chi connectivity index (χ3n) is 5.89. The van der Waals surface area contributed by atoms with Gasteiger partial charge in [-0.05, 0) is 60.5 Å². The van der Waals surface area contributed by atoms with Gasteiger partial charge in [0.25, 0.3) is 0 Å². The Morgan fingerprint density at radius 2 is 1.89 bits per heavy atom. The van der Waals surface area contributed by atoms with Gasteiger partial charge in [-0.25, -0.2) is 14.4 Å². The minimum Gasteiger partial charge on any atom is -0.497 e. The van der Waals surface area contributed by atoms with Crippen molar-refractivity contribution in [3.05, 3.63) is 102 Å². The Morgan fingerprint density at radius 3 is 2.64 bits per heavy atom. The predicted octanol–water partition coefficient (Wildman–Crippen LogP) is 7.12. The third kappa shape index (κ3) is 4.65. The fraction of sp³-hybridized carbons (Fsp3) is 0.107. The van der Waals surface area contributed by atoms with Crippen molar-refractivity contribution in [2.45, 2.75) is 13.5 Å². The molecule has 1 N–H and O–H groups in total. The average Bonchev–Trinajstić information content (AvgIpc) is 3.29. The minimum absolute atomic E-state index is 0.317. The number of benzene rings is 2. The Balaban J connectivity index is 1.52. The molecule has 3 aromatic heterocycles. The Bertz CT molecular complexity index is 1580. The van der Waals surface area contributed by atoms with Gasteiger partial charge in [-0.15, -0.1) is 0 Å². The predicted molar refractivity (Wildman–Crippen MR) is 142 cm³/mol. The second-order valence-electron chi connectivity index (χ2n) is 8.40. The van der Waals surface area contributed by atoms with E-state index in [1.54, 1.807) is 25.4 Å². The zero-order chi connectivity index (χ0) is 25.2. The fourth-order valence-electron chi connectivity index (χ4n) is 4.03. The summed E-state index contributed by atoms with van der Waals surface area (Å²) in [6.45, 7) is 6.61. The normalized spacial score (nSPS) is 11.0. The summed E-state index contributed by atoms with van der Waals surface area (Å²) >= 11 is 6.11. The SMILES string of the molecule is C=C(C)c1cnc(-c2cc(Cl)ccc2F)cc1Nc1ncnc2c1ccn2Cc1ccc(OC)cc1. The topological polar surface area (TPSA) is 64.9 Å². The highest BCUT2D eigenvalue weighted by Crippen LogP contribution is 2.33. The molecule has 0 fully saturated rings. The van der Waals surface area contributed by atoms with Gasteiger partial charge in [0, 0.05) is 35.1 Å². The zero-order valence-corrected chi connectivity index (χ0v) is 20.6. The van der Waals surface area contributed by atoms with Gasteiger partial charge in [-0.1, -0.05) is 30.3 Å². The molecule has 0 amide bonds. The number of halogens is 2. The number of nitrogens with zero attached hydrogens (tertiary/aromatic N) is 4. The standard InChI is InChI=1S/C28H23ClFN5O/c1-17(2)23-14-31-25(22-12-19(29)6-9-24(22)30)13-26(23)34-27-21-10-11-35(28(21)33-16-32-27)15-18-4-7-20(36-3)8-5-18/h4-14,16H,1,15H2,2-3H3,(H,31,32,33,34). The molecule has 0 spiro atoms. The van der Waals surface area contributed by atoms with Crippen LogP contribution in [-0.4, -0.2) is 26.6 Å². The van der Waals surface area contributed by atoms with Gasteiger partial charge in [0.15, 0.2) is 0 Å². The summed E-state index contributed by atoms with van der Waals surface area (Å²) in [5.74, 6) is 1.04. The van der Waals surface area contributed by atoms with Crippen LogP contribution in [0.1, 0.15) is 18.1 Å². The number of hydrogen-bond donors (Lipinski definition) is 1. The smallest absolute Gasteiger partial charge is 0.145 e. The first-order valence-corrected chi connectivity index (χ1v) is 11.6.